The summed E-state index contributed by atoms with van der Waals surface area (Å²) in [5, 5.41) is 5.88. The molecule has 1 aliphatic carbocycles. The van der Waals surface area contributed by atoms with Crippen LogP contribution in [0.5, 0.6) is 0 Å². The third-order valence-electron chi connectivity index (χ3n) is 3.32. The van der Waals surface area contributed by atoms with Gasteiger partial charge in [-0.05, 0) is 25.0 Å². The van der Waals surface area contributed by atoms with Gasteiger partial charge >= 0.3 is 0 Å². The Morgan fingerprint density at radius 2 is 2.33 bits per heavy atom. The highest BCUT2D eigenvalue weighted by molar-refractivity contribution is 5.98. The fraction of sp³-hybridized carbons (Fsp3) is 0.538. The van der Waals surface area contributed by atoms with Crippen LogP contribution >= 0.6 is 0 Å². The van der Waals surface area contributed by atoms with Crippen LogP contribution in [0.1, 0.15) is 23.2 Å². The van der Waals surface area contributed by atoms with Gasteiger partial charge in [-0.3, -0.25) is 4.79 Å². The maximum atomic E-state index is 12.1. The molecule has 1 amide bonds. The van der Waals surface area contributed by atoms with Crippen LogP contribution in [0.25, 0.3) is 0 Å². The summed E-state index contributed by atoms with van der Waals surface area (Å²) in [5.74, 6) is 0.515. The van der Waals surface area contributed by atoms with Gasteiger partial charge < -0.3 is 15.4 Å². The maximum Gasteiger partial charge on any atom is 0.255 e. The van der Waals surface area contributed by atoms with Gasteiger partial charge in [0.25, 0.3) is 5.91 Å². The smallest absolute Gasteiger partial charge is 0.255 e. The molecule has 0 saturated heterocycles. The first-order valence-corrected chi connectivity index (χ1v) is 6.11. The largest absolute Gasteiger partial charge is 0.384 e. The molecule has 18 heavy (non-hydrogen) atoms. The van der Waals surface area contributed by atoms with E-state index in [1.165, 1.54) is 0 Å². The summed E-state index contributed by atoms with van der Waals surface area (Å²) in [6.45, 7) is 1.37. The van der Waals surface area contributed by atoms with Crippen LogP contribution in [0, 0.1) is 5.41 Å². The molecule has 0 spiro atoms. The Morgan fingerprint density at radius 3 is 2.94 bits per heavy atom. The second-order valence-corrected chi connectivity index (χ2v) is 4.77. The summed E-state index contributed by atoms with van der Waals surface area (Å²) in [5.41, 5.74) is 0.736. The molecule has 0 aliphatic heterocycles. The van der Waals surface area contributed by atoms with Gasteiger partial charge in [-0.25, -0.2) is 4.98 Å². The van der Waals surface area contributed by atoms with Crippen molar-refractivity contribution in [3.8, 4) is 0 Å². The molecule has 1 fully saturated rings. The number of rotatable bonds is 6. The molecule has 1 heterocycles. The van der Waals surface area contributed by atoms with Gasteiger partial charge in [0.05, 0.1) is 12.2 Å². The number of nitrogens with one attached hydrogen (secondary N) is 2. The normalized spacial score (nSPS) is 16.1. The molecule has 2 N–H and O–H groups in total. The summed E-state index contributed by atoms with van der Waals surface area (Å²) in [7, 11) is 3.45. The van der Waals surface area contributed by atoms with Gasteiger partial charge in [0.15, 0.2) is 0 Å². The number of anilines is 1. The first-order valence-electron chi connectivity index (χ1n) is 6.11. The zero-order valence-electron chi connectivity index (χ0n) is 10.8. The van der Waals surface area contributed by atoms with Crippen LogP contribution in [0.2, 0.25) is 0 Å². The summed E-state index contributed by atoms with van der Waals surface area (Å²) >= 11 is 0. The number of carbonyl (C=O) groups is 1. The van der Waals surface area contributed by atoms with Crippen molar-refractivity contribution in [2.75, 3.05) is 32.6 Å². The summed E-state index contributed by atoms with van der Waals surface area (Å²) in [6, 6.07) is 3.53. The van der Waals surface area contributed by atoms with Crippen molar-refractivity contribution < 1.29 is 9.53 Å². The van der Waals surface area contributed by atoms with Gasteiger partial charge in [0.2, 0.25) is 0 Å². The predicted octanol–water partition coefficient (Wildman–Crippen LogP) is 1.28. The monoisotopic (exact) mass is 249 g/mol. The fourth-order valence-electron chi connectivity index (χ4n) is 2.01. The topological polar surface area (TPSA) is 63.2 Å². The predicted molar refractivity (Wildman–Crippen MR) is 69.7 cm³/mol. The van der Waals surface area contributed by atoms with E-state index in [1.807, 2.05) is 0 Å². The van der Waals surface area contributed by atoms with Crippen molar-refractivity contribution in [1.29, 1.82) is 0 Å². The summed E-state index contributed by atoms with van der Waals surface area (Å²) < 4.78 is 5.18. The molecule has 98 valence electrons. The van der Waals surface area contributed by atoms with Crippen molar-refractivity contribution in [2.45, 2.75) is 12.8 Å². The third-order valence-corrected chi connectivity index (χ3v) is 3.32. The number of pyridine rings is 1. The van der Waals surface area contributed by atoms with Gasteiger partial charge in [-0.2, -0.15) is 0 Å². The molecule has 5 nitrogen and oxygen atoms in total. The molecular formula is C13H19N3O2. The van der Waals surface area contributed by atoms with Gasteiger partial charge in [-0.1, -0.05) is 0 Å². The third kappa shape index (κ3) is 2.79. The Bertz CT molecular complexity index is 430. The van der Waals surface area contributed by atoms with Gasteiger partial charge in [0.1, 0.15) is 5.82 Å². The number of methoxy groups -OCH3 is 1. The van der Waals surface area contributed by atoms with E-state index in [0.717, 1.165) is 12.8 Å². The number of aromatic nitrogens is 1. The van der Waals surface area contributed by atoms with E-state index in [2.05, 4.69) is 15.6 Å². The van der Waals surface area contributed by atoms with E-state index in [4.69, 9.17) is 4.74 Å². The highest BCUT2D eigenvalue weighted by Gasteiger charge is 2.42. The molecule has 1 saturated carbocycles. The van der Waals surface area contributed by atoms with E-state index in [1.54, 1.807) is 32.5 Å². The van der Waals surface area contributed by atoms with E-state index < -0.39 is 0 Å². The highest BCUT2D eigenvalue weighted by atomic mass is 16.5. The number of carbonyl (C=O) groups excluding carboxylic acids is 1. The minimum absolute atomic E-state index is 0.0881. The second kappa shape index (κ2) is 5.35. The van der Waals surface area contributed by atoms with E-state index >= 15 is 0 Å². The molecule has 2 rings (SSSR count). The molecule has 0 unspecified atom stereocenters. The van der Waals surface area contributed by atoms with Gasteiger partial charge in [-0.15, -0.1) is 0 Å². The number of hydrogen-bond acceptors (Lipinski definition) is 4. The molecular weight excluding hydrogens is 230 g/mol. The average molecular weight is 249 g/mol. The van der Waals surface area contributed by atoms with Crippen molar-refractivity contribution in [3.63, 3.8) is 0 Å². The molecule has 1 aromatic heterocycles. The number of hydrogen-bond donors (Lipinski definition) is 2. The van der Waals surface area contributed by atoms with E-state index in [0.29, 0.717) is 24.5 Å². The van der Waals surface area contributed by atoms with E-state index in [-0.39, 0.29) is 11.3 Å². The Labute approximate surface area is 107 Å². The minimum Gasteiger partial charge on any atom is -0.384 e. The molecule has 1 aliphatic rings. The van der Waals surface area contributed by atoms with Crippen LogP contribution < -0.4 is 10.6 Å². The van der Waals surface area contributed by atoms with Crippen molar-refractivity contribution in [1.82, 2.24) is 10.3 Å². The van der Waals surface area contributed by atoms with Crippen molar-refractivity contribution in [2.24, 2.45) is 5.41 Å². The molecule has 0 bridgehead atoms. The molecule has 0 atom stereocenters. The SMILES string of the molecule is CNc1ncccc1C(=O)NCC1(COC)CC1. The Morgan fingerprint density at radius 1 is 1.56 bits per heavy atom. The summed E-state index contributed by atoms with van der Waals surface area (Å²) in [4.78, 5) is 16.2. The van der Waals surface area contributed by atoms with Crippen molar-refractivity contribution in [3.05, 3.63) is 23.9 Å². The average Bonchev–Trinajstić information content (AvgIpc) is 3.16. The van der Waals surface area contributed by atoms with Crippen LogP contribution in [-0.4, -0.2) is 38.2 Å². The number of amides is 1. The van der Waals surface area contributed by atoms with E-state index in [9.17, 15) is 4.79 Å². The Balaban J connectivity index is 1.96. The number of ether oxygens (including phenoxy) is 1. The highest BCUT2D eigenvalue weighted by Crippen LogP contribution is 2.45. The zero-order chi connectivity index (χ0) is 13.0. The van der Waals surface area contributed by atoms with Crippen LogP contribution in [-0.2, 0) is 4.74 Å². The lowest BCUT2D eigenvalue weighted by Crippen LogP contribution is -2.32. The van der Waals surface area contributed by atoms with Crippen LogP contribution in [0.15, 0.2) is 18.3 Å². The van der Waals surface area contributed by atoms with Crippen LogP contribution in [0.3, 0.4) is 0 Å². The molecule has 1 aromatic rings. The molecule has 0 radical (unpaired) electrons. The number of nitrogens with zero attached hydrogens (tertiary/aromatic N) is 1. The lowest BCUT2D eigenvalue weighted by molar-refractivity contribution is 0.0920. The first-order chi connectivity index (χ1) is 8.71. The second-order valence-electron chi connectivity index (χ2n) is 4.77. The Hall–Kier alpha value is -1.62. The summed E-state index contributed by atoms with van der Waals surface area (Å²) in [6.07, 6.45) is 3.90. The van der Waals surface area contributed by atoms with Crippen molar-refractivity contribution >= 4 is 11.7 Å². The molecule has 0 aromatic carbocycles. The first kappa shape index (κ1) is 12.8. The van der Waals surface area contributed by atoms with Gasteiger partial charge in [0, 0.05) is 32.3 Å². The van der Waals surface area contributed by atoms with Crippen LogP contribution in [0.4, 0.5) is 5.82 Å². The quantitative estimate of drug-likeness (QED) is 0.797. The fourth-order valence-corrected chi connectivity index (χ4v) is 2.01. The zero-order valence-corrected chi connectivity index (χ0v) is 10.8. The lowest BCUT2D eigenvalue weighted by Gasteiger charge is -2.15. The standard InChI is InChI=1S/C13H19N3O2/c1-14-11-10(4-3-7-15-11)12(17)16-8-13(5-6-13)9-18-2/h3-4,7H,5-6,8-9H2,1-2H3,(H,14,15)(H,16,17). The maximum absolute atomic E-state index is 12.1. The Kier molecular flexibility index (Phi) is 3.81. The minimum atomic E-state index is -0.0881. The lowest BCUT2D eigenvalue weighted by atomic mass is 10.1. The molecule has 5 heteroatoms.